The van der Waals surface area contributed by atoms with Crippen LogP contribution in [0.3, 0.4) is 0 Å². The lowest BCUT2D eigenvalue weighted by Gasteiger charge is -2.45. The summed E-state index contributed by atoms with van der Waals surface area (Å²) in [4.78, 5) is 17.6. The zero-order chi connectivity index (χ0) is 16.4. The highest BCUT2D eigenvalue weighted by atomic mass is 35.5. The summed E-state index contributed by atoms with van der Waals surface area (Å²) in [6, 6.07) is 7.12. The number of Topliss-reactive ketones (excluding diaryl/α,β-unsaturated/α-hetero) is 1. The first-order valence-electron chi connectivity index (χ1n) is 7.98. The van der Waals surface area contributed by atoms with Crippen LogP contribution in [0.4, 0.5) is 0 Å². The van der Waals surface area contributed by atoms with E-state index < -0.39 is 5.54 Å². The smallest absolute Gasteiger partial charge is 0.187 e. The van der Waals surface area contributed by atoms with Gasteiger partial charge < -0.3 is 11.1 Å². The van der Waals surface area contributed by atoms with Gasteiger partial charge in [-0.3, -0.25) is 9.79 Å². The van der Waals surface area contributed by atoms with Gasteiger partial charge in [0, 0.05) is 10.6 Å². The maximum atomic E-state index is 13.0. The van der Waals surface area contributed by atoms with Crippen molar-refractivity contribution < 1.29 is 4.79 Å². The van der Waals surface area contributed by atoms with E-state index in [1.807, 2.05) is 24.3 Å². The average Bonchev–Trinajstić information content (AvgIpc) is 2.53. The summed E-state index contributed by atoms with van der Waals surface area (Å²) in [5.74, 6) is 1.85. The van der Waals surface area contributed by atoms with Gasteiger partial charge in [0.1, 0.15) is 17.4 Å². The minimum atomic E-state index is -0.769. The molecule has 23 heavy (non-hydrogen) atoms. The van der Waals surface area contributed by atoms with E-state index in [0.717, 1.165) is 42.8 Å². The van der Waals surface area contributed by atoms with Crippen LogP contribution in [0.1, 0.15) is 31.2 Å². The fourth-order valence-corrected chi connectivity index (χ4v) is 4.26. The van der Waals surface area contributed by atoms with E-state index in [1.54, 1.807) is 11.8 Å². The van der Waals surface area contributed by atoms with Crippen molar-refractivity contribution in [1.29, 1.82) is 0 Å². The highest BCUT2D eigenvalue weighted by Gasteiger charge is 2.50. The molecule has 6 heteroatoms. The van der Waals surface area contributed by atoms with Crippen LogP contribution in [-0.4, -0.2) is 35.7 Å². The van der Waals surface area contributed by atoms with E-state index in [4.69, 9.17) is 17.3 Å². The largest absolute Gasteiger partial charge is 0.356 e. The molecular formula is C17H22ClN3OS. The molecule has 1 heterocycles. The number of hydrogen-bond acceptors (Lipinski definition) is 5. The molecule has 3 N–H and O–H groups in total. The molecule has 0 saturated heterocycles. The molecule has 0 aromatic heterocycles. The molecule has 3 atom stereocenters. The predicted octanol–water partition coefficient (Wildman–Crippen LogP) is 2.74. The van der Waals surface area contributed by atoms with Crippen LogP contribution in [0.5, 0.6) is 0 Å². The van der Waals surface area contributed by atoms with E-state index in [1.165, 1.54) is 0 Å². The Bertz CT molecular complexity index is 636. The van der Waals surface area contributed by atoms with Gasteiger partial charge in [-0.25, -0.2) is 0 Å². The first kappa shape index (κ1) is 16.8. The Morgan fingerprint density at radius 1 is 1.52 bits per heavy atom. The number of nitrogens with one attached hydrogen (secondary N) is 1. The van der Waals surface area contributed by atoms with Crippen molar-refractivity contribution in [3.8, 4) is 0 Å². The predicted molar refractivity (Wildman–Crippen MR) is 97.3 cm³/mol. The summed E-state index contributed by atoms with van der Waals surface area (Å²) in [6.07, 6.45) is 5.39. The molecule has 3 rings (SSSR count). The number of aliphatic imine (C=N–C) groups is 1. The third-order valence-electron chi connectivity index (χ3n) is 4.71. The van der Waals surface area contributed by atoms with Crippen molar-refractivity contribution in [3.05, 3.63) is 34.9 Å². The van der Waals surface area contributed by atoms with Crippen LogP contribution in [0, 0.1) is 0 Å². The summed E-state index contributed by atoms with van der Waals surface area (Å²) >= 11 is 8.17. The van der Waals surface area contributed by atoms with Gasteiger partial charge in [-0.2, -0.15) is 11.8 Å². The van der Waals surface area contributed by atoms with E-state index in [0.29, 0.717) is 5.02 Å². The lowest BCUT2D eigenvalue weighted by atomic mass is 9.72. The normalized spacial score (nSPS) is 28.0. The molecule has 1 fully saturated rings. The van der Waals surface area contributed by atoms with Crippen LogP contribution in [0.25, 0.3) is 0 Å². The molecule has 0 unspecified atom stereocenters. The second kappa shape index (κ2) is 6.83. The molecule has 1 aliphatic heterocycles. The molecule has 1 saturated carbocycles. The number of benzene rings is 1. The number of hydrogen-bond donors (Lipinski definition) is 2. The number of ketones is 1. The van der Waals surface area contributed by atoms with Gasteiger partial charge in [0.05, 0.1) is 6.04 Å². The molecular weight excluding hydrogens is 330 g/mol. The summed E-state index contributed by atoms with van der Waals surface area (Å²) < 4.78 is 0. The number of fused-ring (bicyclic) bond motifs is 2. The molecule has 4 nitrogen and oxygen atoms in total. The molecule has 0 spiro atoms. The minimum absolute atomic E-state index is 0.123. The summed E-state index contributed by atoms with van der Waals surface area (Å²) in [5.41, 5.74) is 6.39. The van der Waals surface area contributed by atoms with Crippen LogP contribution in [0.2, 0.25) is 5.02 Å². The highest BCUT2D eigenvalue weighted by Crippen LogP contribution is 2.41. The fraction of sp³-hybridized carbons (Fsp3) is 0.529. The van der Waals surface area contributed by atoms with Gasteiger partial charge in [0.15, 0.2) is 5.78 Å². The Hall–Kier alpha value is -1.04. The highest BCUT2D eigenvalue weighted by molar-refractivity contribution is 7.98. The van der Waals surface area contributed by atoms with E-state index in [2.05, 4.69) is 16.6 Å². The Morgan fingerprint density at radius 2 is 2.30 bits per heavy atom. The zero-order valence-electron chi connectivity index (χ0n) is 13.2. The standard InChI is InChI=1S/C17H22ClN3OS/c1-23-10-8-13(19)16-20-14-7-4-9-17(21-16,15(14)22)11-5-2-3-6-12(11)18/h2-3,5-6,13-14H,4,7-10,19H2,1H3,(H,20,21)/t13-,14+,17+/m0/s1. The average molecular weight is 352 g/mol. The molecule has 124 valence electrons. The second-order valence-corrected chi connectivity index (χ2v) is 7.58. The Balaban J connectivity index is 1.98. The molecule has 1 aliphatic carbocycles. The molecule has 1 aromatic rings. The number of amidine groups is 1. The molecule has 0 radical (unpaired) electrons. The number of rotatable bonds is 5. The number of thioether (sulfide) groups is 1. The number of halogens is 1. The van der Waals surface area contributed by atoms with Crippen LogP contribution in [-0.2, 0) is 10.3 Å². The maximum absolute atomic E-state index is 13.0. The van der Waals surface area contributed by atoms with E-state index >= 15 is 0 Å². The van der Waals surface area contributed by atoms with Crippen molar-refractivity contribution in [2.45, 2.75) is 43.3 Å². The second-order valence-electron chi connectivity index (χ2n) is 6.18. The topological polar surface area (TPSA) is 67.5 Å². The van der Waals surface area contributed by atoms with Gasteiger partial charge in [-0.15, -0.1) is 0 Å². The van der Waals surface area contributed by atoms with Gasteiger partial charge in [-0.1, -0.05) is 29.8 Å². The van der Waals surface area contributed by atoms with Crippen molar-refractivity contribution >= 4 is 35.0 Å². The molecule has 2 bridgehead atoms. The summed E-state index contributed by atoms with van der Waals surface area (Å²) in [5, 5.41) is 4.01. The lowest BCUT2D eigenvalue weighted by molar-refractivity contribution is -0.129. The minimum Gasteiger partial charge on any atom is -0.356 e. The number of carbonyl (C=O) groups excluding carboxylic acids is 1. The van der Waals surface area contributed by atoms with Gasteiger partial charge in [0.25, 0.3) is 0 Å². The monoisotopic (exact) mass is 351 g/mol. The quantitative estimate of drug-likeness (QED) is 0.856. The number of nitrogens with two attached hydrogens (primary N) is 1. The third-order valence-corrected chi connectivity index (χ3v) is 5.68. The summed E-state index contributed by atoms with van der Waals surface area (Å²) in [6.45, 7) is 0. The first-order chi connectivity index (χ1) is 11.1. The number of carbonyl (C=O) groups is 1. The van der Waals surface area contributed by atoms with Crippen molar-refractivity contribution in [1.82, 2.24) is 5.32 Å². The SMILES string of the molecule is CSCC[C@H](N)C1=N[C@@H]2CCC[C@](c3ccccc3Cl)(N1)C2=O. The lowest BCUT2D eigenvalue weighted by Crippen LogP contribution is -2.63. The van der Waals surface area contributed by atoms with Gasteiger partial charge in [-0.05, 0) is 43.8 Å². The maximum Gasteiger partial charge on any atom is 0.187 e. The van der Waals surface area contributed by atoms with Crippen LogP contribution < -0.4 is 11.1 Å². The van der Waals surface area contributed by atoms with Crippen LogP contribution >= 0.6 is 23.4 Å². The molecule has 0 amide bonds. The Morgan fingerprint density at radius 3 is 3.04 bits per heavy atom. The van der Waals surface area contributed by atoms with Crippen LogP contribution in [0.15, 0.2) is 29.3 Å². The first-order valence-corrected chi connectivity index (χ1v) is 9.75. The van der Waals surface area contributed by atoms with Crippen molar-refractivity contribution in [3.63, 3.8) is 0 Å². The zero-order valence-corrected chi connectivity index (χ0v) is 14.8. The number of nitrogens with zero attached hydrogens (tertiary/aromatic N) is 1. The van der Waals surface area contributed by atoms with E-state index in [-0.39, 0.29) is 17.9 Å². The summed E-state index contributed by atoms with van der Waals surface area (Å²) in [7, 11) is 0. The molecule has 1 aromatic carbocycles. The van der Waals surface area contributed by atoms with E-state index in [9.17, 15) is 4.79 Å². The Labute approximate surface area is 146 Å². The van der Waals surface area contributed by atoms with Gasteiger partial charge in [0.2, 0.25) is 0 Å². The van der Waals surface area contributed by atoms with Crippen molar-refractivity contribution in [2.75, 3.05) is 12.0 Å². The van der Waals surface area contributed by atoms with Crippen molar-refractivity contribution in [2.24, 2.45) is 10.7 Å². The molecule has 2 aliphatic rings. The third kappa shape index (κ3) is 3.02. The Kier molecular flexibility index (Phi) is 4.99. The fourth-order valence-electron chi connectivity index (χ4n) is 3.48. The van der Waals surface area contributed by atoms with Gasteiger partial charge >= 0.3 is 0 Å².